The number of unbranched alkanes of at least 4 members (excludes halogenated alkanes) is 2. The number of nitrogens with zero attached hydrogens (tertiary/aromatic N) is 1. The number of rotatable bonds is 10. The third-order valence-corrected chi connectivity index (χ3v) is 4.39. The molecule has 1 aliphatic rings. The molecule has 1 heterocycles. The largest absolute Gasteiger partial charge is 0.393 e. The van der Waals surface area contributed by atoms with Gasteiger partial charge in [-0.15, -0.1) is 0 Å². The number of imide groups is 1. The lowest BCUT2D eigenvalue weighted by Crippen LogP contribution is -2.48. The fourth-order valence-electron chi connectivity index (χ4n) is 2.90. The van der Waals surface area contributed by atoms with Gasteiger partial charge in [-0.3, -0.25) is 19.8 Å². The molecule has 1 saturated heterocycles. The van der Waals surface area contributed by atoms with E-state index in [4.69, 9.17) is 0 Å². The summed E-state index contributed by atoms with van der Waals surface area (Å²) >= 11 is 0. The van der Waals surface area contributed by atoms with Gasteiger partial charge in [0.05, 0.1) is 18.2 Å². The zero-order chi connectivity index (χ0) is 18.9. The van der Waals surface area contributed by atoms with Gasteiger partial charge in [-0.1, -0.05) is 44.4 Å². The van der Waals surface area contributed by atoms with E-state index in [1.54, 1.807) is 30.3 Å². The predicted molar refractivity (Wildman–Crippen MR) is 98.0 cm³/mol. The highest BCUT2D eigenvalue weighted by atomic mass is 16.3. The van der Waals surface area contributed by atoms with E-state index in [2.05, 4.69) is 17.8 Å². The number of hydrogen-bond donors (Lipinski definition) is 3. The number of carbonyl (C=O) groups is 3. The fraction of sp³-hybridized carbons (Fsp3) is 0.526. The maximum Gasteiger partial charge on any atom is 0.253 e. The Labute approximate surface area is 153 Å². The molecule has 26 heavy (non-hydrogen) atoms. The summed E-state index contributed by atoms with van der Waals surface area (Å²) in [5, 5.41) is 9.84. The van der Waals surface area contributed by atoms with Crippen LogP contribution in [0.2, 0.25) is 0 Å². The maximum absolute atomic E-state index is 12.4. The molecule has 7 nitrogen and oxygen atoms in total. The molecule has 0 spiro atoms. The topological polar surface area (TPSA) is 98.7 Å². The van der Waals surface area contributed by atoms with Crippen molar-refractivity contribution in [3.8, 4) is 0 Å². The first-order valence-corrected chi connectivity index (χ1v) is 9.17. The van der Waals surface area contributed by atoms with Gasteiger partial charge in [0.2, 0.25) is 11.8 Å². The molecule has 0 aromatic heterocycles. The predicted octanol–water partition coefficient (Wildman–Crippen LogP) is 1.66. The van der Waals surface area contributed by atoms with Gasteiger partial charge in [0.15, 0.2) is 0 Å². The lowest BCUT2D eigenvalue weighted by Gasteiger charge is -2.16. The second-order valence-electron chi connectivity index (χ2n) is 6.54. The maximum atomic E-state index is 12.4. The van der Waals surface area contributed by atoms with E-state index < -0.39 is 12.1 Å². The summed E-state index contributed by atoms with van der Waals surface area (Å²) in [6.07, 6.45) is 3.85. The highest BCUT2D eigenvalue weighted by molar-refractivity contribution is 6.22. The van der Waals surface area contributed by atoms with Crippen LogP contribution in [0.3, 0.4) is 0 Å². The Morgan fingerprint density at radius 1 is 1.23 bits per heavy atom. The molecule has 0 bridgehead atoms. The van der Waals surface area contributed by atoms with Crippen LogP contribution in [0.25, 0.3) is 0 Å². The Bertz CT molecular complexity index is 620. The Morgan fingerprint density at radius 2 is 1.96 bits per heavy atom. The Kier molecular flexibility index (Phi) is 7.74. The Balaban J connectivity index is 1.75. The molecule has 2 atom stereocenters. The van der Waals surface area contributed by atoms with Gasteiger partial charge in [-0.2, -0.15) is 0 Å². The minimum atomic E-state index is -0.777. The fourth-order valence-corrected chi connectivity index (χ4v) is 2.90. The average Bonchev–Trinajstić information content (AvgIpc) is 2.92. The summed E-state index contributed by atoms with van der Waals surface area (Å²) < 4.78 is 0. The van der Waals surface area contributed by atoms with Crippen molar-refractivity contribution in [3.63, 3.8) is 0 Å². The number of hydrazine groups is 1. The van der Waals surface area contributed by atoms with Crippen LogP contribution in [0.5, 0.6) is 0 Å². The number of benzene rings is 1. The van der Waals surface area contributed by atoms with Gasteiger partial charge in [-0.25, -0.2) is 10.3 Å². The van der Waals surface area contributed by atoms with Crippen molar-refractivity contribution >= 4 is 23.4 Å². The third kappa shape index (κ3) is 5.64. The first kappa shape index (κ1) is 20.1. The summed E-state index contributed by atoms with van der Waals surface area (Å²) in [7, 11) is 0. The van der Waals surface area contributed by atoms with Crippen LogP contribution >= 0.6 is 0 Å². The molecule has 1 aromatic rings. The van der Waals surface area contributed by atoms with E-state index in [9.17, 15) is 19.5 Å². The van der Waals surface area contributed by atoms with Crippen LogP contribution in [0.1, 0.15) is 51.9 Å². The van der Waals surface area contributed by atoms with Crippen LogP contribution in [-0.2, 0) is 14.4 Å². The standard InChI is InChI=1S/C19H27N3O4/c1-2-3-5-10-15(23)11-12-17(24)21-20-16-13-18(25)22(19(16)26)14-8-6-4-7-9-14/h4,6-9,15-16,20,23H,2-3,5,10-13H2,1H3,(H,21,24)/t15-,16-/m1/s1. The van der Waals surface area contributed by atoms with Crippen LogP contribution in [0.15, 0.2) is 30.3 Å². The Hall–Kier alpha value is -2.25. The van der Waals surface area contributed by atoms with Crippen LogP contribution in [0.4, 0.5) is 5.69 Å². The lowest BCUT2D eigenvalue weighted by molar-refractivity contribution is -0.123. The highest BCUT2D eigenvalue weighted by Crippen LogP contribution is 2.22. The zero-order valence-electron chi connectivity index (χ0n) is 15.1. The second kappa shape index (κ2) is 10.0. The van der Waals surface area contributed by atoms with E-state index in [1.165, 1.54) is 0 Å². The smallest absolute Gasteiger partial charge is 0.253 e. The molecule has 0 radical (unpaired) electrons. The summed E-state index contributed by atoms with van der Waals surface area (Å²) in [5.41, 5.74) is 5.64. The minimum absolute atomic E-state index is 0.00630. The minimum Gasteiger partial charge on any atom is -0.393 e. The van der Waals surface area contributed by atoms with Crippen molar-refractivity contribution in [3.05, 3.63) is 30.3 Å². The lowest BCUT2D eigenvalue weighted by atomic mass is 10.1. The number of para-hydroxylation sites is 1. The molecule has 0 unspecified atom stereocenters. The molecule has 0 saturated carbocycles. The van der Waals surface area contributed by atoms with Gasteiger partial charge in [-0.05, 0) is 25.0 Å². The van der Waals surface area contributed by atoms with Crippen molar-refractivity contribution in [2.24, 2.45) is 0 Å². The van der Waals surface area contributed by atoms with E-state index in [0.717, 1.165) is 24.2 Å². The molecule has 142 valence electrons. The van der Waals surface area contributed by atoms with E-state index in [-0.39, 0.29) is 30.6 Å². The summed E-state index contributed by atoms with van der Waals surface area (Å²) in [4.78, 5) is 37.5. The number of nitrogens with one attached hydrogen (secondary N) is 2. The van der Waals surface area contributed by atoms with Gasteiger partial charge >= 0.3 is 0 Å². The molecular weight excluding hydrogens is 334 g/mol. The normalized spacial score (nSPS) is 18.2. The molecule has 2 rings (SSSR count). The van der Waals surface area contributed by atoms with Gasteiger partial charge in [0.1, 0.15) is 6.04 Å². The van der Waals surface area contributed by atoms with Crippen molar-refractivity contribution in [2.75, 3.05) is 4.90 Å². The van der Waals surface area contributed by atoms with E-state index in [1.807, 2.05) is 0 Å². The third-order valence-electron chi connectivity index (χ3n) is 4.39. The highest BCUT2D eigenvalue weighted by Gasteiger charge is 2.39. The number of aliphatic hydroxyl groups excluding tert-OH is 1. The monoisotopic (exact) mass is 361 g/mol. The zero-order valence-corrected chi connectivity index (χ0v) is 15.1. The quantitative estimate of drug-likeness (QED) is 0.334. The van der Waals surface area contributed by atoms with Gasteiger partial charge in [0.25, 0.3) is 5.91 Å². The van der Waals surface area contributed by atoms with Gasteiger partial charge in [0, 0.05) is 6.42 Å². The molecule has 1 aliphatic heterocycles. The van der Waals surface area contributed by atoms with Gasteiger partial charge < -0.3 is 5.11 Å². The first-order chi connectivity index (χ1) is 12.5. The number of carbonyl (C=O) groups excluding carboxylic acids is 3. The molecule has 7 heteroatoms. The van der Waals surface area contributed by atoms with Crippen LogP contribution in [-0.4, -0.2) is 35.0 Å². The summed E-state index contributed by atoms with van der Waals surface area (Å²) in [5.74, 6) is -1.00. The molecule has 1 aromatic carbocycles. The molecular formula is C19H27N3O4. The van der Waals surface area contributed by atoms with E-state index in [0.29, 0.717) is 18.5 Å². The average molecular weight is 361 g/mol. The number of aliphatic hydroxyl groups is 1. The molecule has 3 amide bonds. The molecule has 0 aliphatic carbocycles. The molecule has 1 fully saturated rings. The number of amides is 3. The van der Waals surface area contributed by atoms with Crippen molar-refractivity contribution in [1.82, 2.24) is 10.9 Å². The number of anilines is 1. The summed E-state index contributed by atoms with van der Waals surface area (Å²) in [6.45, 7) is 2.10. The van der Waals surface area contributed by atoms with Crippen LogP contribution < -0.4 is 15.8 Å². The SMILES string of the molecule is CCCCC[C@@H](O)CCC(=O)NN[C@@H]1CC(=O)N(c2ccccc2)C1=O. The van der Waals surface area contributed by atoms with E-state index >= 15 is 0 Å². The second-order valence-corrected chi connectivity index (χ2v) is 6.54. The van der Waals surface area contributed by atoms with Crippen molar-refractivity contribution in [1.29, 1.82) is 0 Å². The summed E-state index contributed by atoms with van der Waals surface area (Å²) in [6, 6.07) is 7.92. The van der Waals surface area contributed by atoms with Crippen molar-refractivity contribution in [2.45, 2.75) is 64.0 Å². The first-order valence-electron chi connectivity index (χ1n) is 9.17. The number of hydrogen-bond acceptors (Lipinski definition) is 5. The van der Waals surface area contributed by atoms with Crippen LogP contribution in [0, 0.1) is 0 Å². The van der Waals surface area contributed by atoms with Crippen molar-refractivity contribution < 1.29 is 19.5 Å². The molecule has 3 N–H and O–H groups in total. The Morgan fingerprint density at radius 3 is 2.65 bits per heavy atom.